The molecule has 2 heterocycles. The van der Waals surface area contributed by atoms with Crippen LogP contribution in [0, 0.1) is 5.92 Å². The highest BCUT2D eigenvalue weighted by Crippen LogP contribution is 2.17. The number of aromatic hydroxyl groups is 1. The number of phenolic OH excluding ortho intramolecular Hbond substituents is 1. The van der Waals surface area contributed by atoms with E-state index in [0.29, 0.717) is 24.4 Å². The number of aromatic nitrogens is 3. The summed E-state index contributed by atoms with van der Waals surface area (Å²) in [5.41, 5.74) is 2.45. The first-order valence-corrected chi connectivity index (χ1v) is 9.45. The van der Waals surface area contributed by atoms with Crippen LogP contribution < -0.4 is 5.32 Å². The van der Waals surface area contributed by atoms with Crippen LogP contribution in [-0.4, -0.2) is 32.3 Å². The molecule has 0 aliphatic carbocycles. The average molecular weight is 370 g/mol. The van der Waals surface area contributed by atoms with Crippen molar-refractivity contribution in [3.63, 3.8) is 0 Å². The summed E-state index contributed by atoms with van der Waals surface area (Å²) < 4.78 is 1.68. The van der Waals surface area contributed by atoms with Crippen molar-refractivity contribution in [3.05, 3.63) is 58.9 Å². The highest BCUT2D eigenvalue weighted by molar-refractivity contribution is 7.12. The summed E-state index contributed by atoms with van der Waals surface area (Å²) >= 11 is 1.48. The Kier molecular flexibility index (Phi) is 5.68. The first kappa shape index (κ1) is 18.1. The topological polar surface area (TPSA) is 80.0 Å². The fraction of sp³-hybridized carbons (Fsp3) is 0.316. The number of hydrogen-bond acceptors (Lipinski definition) is 5. The molecule has 7 heteroatoms. The lowest BCUT2D eigenvalue weighted by molar-refractivity contribution is 0.0953. The third-order valence-corrected chi connectivity index (χ3v) is 4.65. The minimum absolute atomic E-state index is 0.123. The van der Waals surface area contributed by atoms with Gasteiger partial charge in [0.2, 0.25) is 5.13 Å². The van der Waals surface area contributed by atoms with E-state index in [1.54, 1.807) is 29.2 Å². The fourth-order valence-corrected chi connectivity index (χ4v) is 3.21. The molecule has 1 aromatic carbocycles. The van der Waals surface area contributed by atoms with E-state index in [4.69, 9.17) is 0 Å². The minimum Gasteiger partial charge on any atom is -0.508 e. The number of thiazole rings is 1. The van der Waals surface area contributed by atoms with E-state index in [2.05, 4.69) is 29.2 Å². The lowest BCUT2D eigenvalue weighted by Gasteiger charge is -2.07. The van der Waals surface area contributed by atoms with Crippen LogP contribution in [0.1, 0.15) is 35.5 Å². The van der Waals surface area contributed by atoms with Gasteiger partial charge in [0.25, 0.3) is 5.91 Å². The van der Waals surface area contributed by atoms with Crippen molar-refractivity contribution in [2.75, 3.05) is 6.54 Å². The molecule has 0 atom stereocenters. The summed E-state index contributed by atoms with van der Waals surface area (Å²) in [6.07, 6.45) is 4.92. The van der Waals surface area contributed by atoms with Gasteiger partial charge in [0.15, 0.2) is 0 Å². The Morgan fingerprint density at radius 1 is 1.31 bits per heavy atom. The van der Waals surface area contributed by atoms with Gasteiger partial charge in [0.05, 0.1) is 11.3 Å². The zero-order valence-corrected chi connectivity index (χ0v) is 15.7. The standard InChI is InChI=1S/C19H22N4O2S/c1-13(2)11-17-16(12-23(22-17)19-21-9-10-26-19)18(25)20-8-7-14-3-5-15(24)6-4-14/h3-6,9-10,12-13,24H,7-8,11H2,1-2H3,(H,20,25). The summed E-state index contributed by atoms with van der Waals surface area (Å²) in [5.74, 6) is 0.520. The molecule has 136 valence electrons. The first-order chi connectivity index (χ1) is 12.5. The zero-order chi connectivity index (χ0) is 18.5. The molecule has 2 N–H and O–H groups in total. The van der Waals surface area contributed by atoms with E-state index in [-0.39, 0.29) is 11.7 Å². The molecule has 0 unspecified atom stereocenters. The van der Waals surface area contributed by atoms with Crippen LogP contribution >= 0.6 is 11.3 Å². The van der Waals surface area contributed by atoms with Gasteiger partial charge in [-0.15, -0.1) is 11.3 Å². The number of carbonyl (C=O) groups excluding carboxylic acids is 1. The van der Waals surface area contributed by atoms with Crippen LogP contribution in [0.4, 0.5) is 0 Å². The summed E-state index contributed by atoms with van der Waals surface area (Å²) in [6, 6.07) is 7.00. The normalized spacial score (nSPS) is 11.0. The van der Waals surface area contributed by atoms with E-state index >= 15 is 0 Å². The van der Waals surface area contributed by atoms with Crippen molar-refractivity contribution >= 4 is 17.2 Å². The van der Waals surface area contributed by atoms with E-state index in [0.717, 1.165) is 22.8 Å². The average Bonchev–Trinajstić information content (AvgIpc) is 3.25. The molecule has 0 aliphatic heterocycles. The number of phenols is 1. The highest BCUT2D eigenvalue weighted by Gasteiger charge is 2.18. The Hall–Kier alpha value is -2.67. The van der Waals surface area contributed by atoms with Crippen LogP contribution in [0.15, 0.2) is 42.0 Å². The van der Waals surface area contributed by atoms with Gasteiger partial charge < -0.3 is 10.4 Å². The highest BCUT2D eigenvalue weighted by atomic mass is 32.1. The predicted molar refractivity (Wildman–Crippen MR) is 102 cm³/mol. The van der Waals surface area contributed by atoms with Gasteiger partial charge in [-0.05, 0) is 36.5 Å². The Morgan fingerprint density at radius 3 is 2.73 bits per heavy atom. The maximum atomic E-state index is 12.7. The zero-order valence-electron chi connectivity index (χ0n) is 14.8. The summed E-state index contributed by atoms with van der Waals surface area (Å²) in [5, 5.41) is 19.5. The largest absolute Gasteiger partial charge is 0.508 e. The van der Waals surface area contributed by atoms with Crippen molar-refractivity contribution in [2.24, 2.45) is 5.92 Å². The van der Waals surface area contributed by atoms with Crippen LogP contribution in [0.2, 0.25) is 0 Å². The lowest BCUT2D eigenvalue weighted by atomic mass is 10.0. The number of nitrogens with zero attached hydrogens (tertiary/aromatic N) is 3. The third-order valence-electron chi connectivity index (χ3n) is 3.89. The van der Waals surface area contributed by atoms with Crippen LogP contribution in [-0.2, 0) is 12.8 Å². The van der Waals surface area contributed by atoms with Crippen LogP contribution in [0.5, 0.6) is 5.75 Å². The van der Waals surface area contributed by atoms with Crippen molar-refractivity contribution in [1.29, 1.82) is 0 Å². The fourth-order valence-electron chi connectivity index (χ4n) is 2.64. The number of hydrogen-bond donors (Lipinski definition) is 2. The smallest absolute Gasteiger partial charge is 0.254 e. The van der Waals surface area contributed by atoms with Crippen molar-refractivity contribution in [2.45, 2.75) is 26.7 Å². The van der Waals surface area contributed by atoms with Gasteiger partial charge in [0.1, 0.15) is 5.75 Å². The second kappa shape index (κ2) is 8.14. The van der Waals surface area contributed by atoms with E-state index < -0.39 is 0 Å². The molecule has 0 aliphatic rings. The molecule has 0 radical (unpaired) electrons. The molecule has 0 saturated carbocycles. The van der Waals surface area contributed by atoms with Crippen molar-refractivity contribution in [3.8, 4) is 10.9 Å². The second-order valence-corrected chi connectivity index (χ2v) is 7.39. The minimum atomic E-state index is -0.123. The van der Waals surface area contributed by atoms with Gasteiger partial charge >= 0.3 is 0 Å². The molecule has 0 bridgehead atoms. The van der Waals surface area contributed by atoms with Crippen molar-refractivity contribution < 1.29 is 9.90 Å². The van der Waals surface area contributed by atoms with Crippen LogP contribution in [0.25, 0.3) is 5.13 Å². The molecular weight excluding hydrogens is 348 g/mol. The van der Waals surface area contributed by atoms with Crippen LogP contribution in [0.3, 0.4) is 0 Å². The molecule has 0 fully saturated rings. The molecule has 3 rings (SSSR count). The number of rotatable bonds is 7. The maximum Gasteiger partial charge on any atom is 0.254 e. The third kappa shape index (κ3) is 4.49. The summed E-state index contributed by atoms with van der Waals surface area (Å²) in [4.78, 5) is 16.9. The molecule has 26 heavy (non-hydrogen) atoms. The molecule has 1 amide bonds. The Morgan fingerprint density at radius 2 is 2.08 bits per heavy atom. The number of nitrogens with one attached hydrogen (secondary N) is 1. The van der Waals surface area contributed by atoms with Gasteiger partial charge in [-0.2, -0.15) is 5.10 Å². The SMILES string of the molecule is CC(C)Cc1nn(-c2nccs2)cc1C(=O)NCCc1ccc(O)cc1. The number of benzene rings is 1. The molecule has 0 saturated heterocycles. The van der Waals surface area contributed by atoms with Gasteiger partial charge in [0, 0.05) is 24.3 Å². The first-order valence-electron chi connectivity index (χ1n) is 8.57. The lowest BCUT2D eigenvalue weighted by Crippen LogP contribution is -2.26. The van der Waals surface area contributed by atoms with Gasteiger partial charge in [-0.1, -0.05) is 26.0 Å². The molecular formula is C19H22N4O2S. The molecule has 3 aromatic rings. The van der Waals surface area contributed by atoms with E-state index in [1.165, 1.54) is 11.3 Å². The number of amides is 1. The Balaban J connectivity index is 1.69. The molecule has 0 spiro atoms. The molecule has 2 aromatic heterocycles. The second-order valence-electron chi connectivity index (χ2n) is 6.52. The van der Waals surface area contributed by atoms with Gasteiger partial charge in [-0.25, -0.2) is 9.67 Å². The summed E-state index contributed by atoms with van der Waals surface area (Å²) in [6.45, 7) is 4.73. The van der Waals surface area contributed by atoms with E-state index in [1.807, 2.05) is 17.5 Å². The maximum absolute atomic E-state index is 12.7. The predicted octanol–water partition coefficient (Wildman–Crippen LogP) is 3.21. The Bertz CT molecular complexity index is 854. The van der Waals surface area contributed by atoms with E-state index in [9.17, 15) is 9.90 Å². The van der Waals surface area contributed by atoms with Gasteiger partial charge in [-0.3, -0.25) is 4.79 Å². The number of carbonyl (C=O) groups is 1. The molecule has 6 nitrogen and oxygen atoms in total. The Labute approximate surface area is 156 Å². The summed E-state index contributed by atoms with van der Waals surface area (Å²) in [7, 11) is 0. The quantitative estimate of drug-likeness (QED) is 0.669. The monoisotopic (exact) mass is 370 g/mol. The van der Waals surface area contributed by atoms with Crippen molar-refractivity contribution in [1.82, 2.24) is 20.1 Å².